The van der Waals surface area contributed by atoms with Gasteiger partial charge in [-0.2, -0.15) is 4.85 Å². The minimum atomic E-state index is -1.72. The third-order valence-electron chi connectivity index (χ3n) is 1.91. The average Bonchev–Trinajstić information content (AvgIpc) is 1.97. The molecule has 0 radical (unpaired) electrons. The first kappa shape index (κ1) is 14.1. The van der Waals surface area contributed by atoms with Gasteiger partial charge < -0.3 is 0 Å². The second-order valence-corrected chi connectivity index (χ2v) is 7.67. The summed E-state index contributed by atoms with van der Waals surface area (Å²) in [6.07, 6.45) is 0. The van der Waals surface area contributed by atoms with Crippen molar-refractivity contribution in [3.05, 3.63) is 0 Å². The molecule has 5 nitrogen and oxygen atoms in total. The van der Waals surface area contributed by atoms with Gasteiger partial charge in [-0.3, -0.25) is 14.0 Å². The number of hydrogen-bond donors (Lipinski definition) is 0. The van der Waals surface area contributed by atoms with Gasteiger partial charge in [0.2, 0.25) is 0 Å². The normalized spacial score (nSPS) is 13.4. The topological polar surface area (TPSA) is 25.3 Å². The highest BCUT2D eigenvalue weighted by molar-refractivity contribution is 7.58. The molecule has 0 aromatic rings. The van der Waals surface area contributed by atoms with Crippen molar-refractivity contribution in [3.63, 3.8) is 0 Å². The molecule has 0 aromatic carbocycles. The second kappa shape index (κ2) is 5.24. The van der Waals surface area contributed by atoms with Gasteiger partial charge in [-0.1, -0.05) is 0 Å². The van der Waals surface area contributed by atoms with Crippen molar-refractivity contribution in [2.24, 2.45) is 4.85 Å². The molecule has 0 aliphatic heterocycles. The van der Waals surface area contributed by atoms with Crippen molar-refractivity contribution < 1.29 is 0 Å². The van der Waals surface area contributed by atoms with Gasteiger partial charge in [-0.15, -0.1) is 0 Å². The summed E-state index contributed by atoms with van der Waals surface area (Å²) in [5, 5.41) is 1.88. The van der Waals surface area contributed by atoms with E-state index in [-0.39, 0.29) is 0 Å². The van der Waals surface area contributed by atoms with Crippen LogP contribution in [-0.4, -0.2) is 75.4 Å². The molecule has 6 heteroatoms. The zero-order valence-corrected chi connectivity index (χ0v) is 11.6. The Labute approximate surface area is 88.5 Å². The fraction of sp³-hybridized carbons (Fsp3) is 1.00. The maximum absolute atomic E-state index is 4.73. The average molecular weight is 221 g/mol. The van der Waals surface area contributed by atoms with Gasteiger partial charge >= 0.3 is 0 Å². The zero-order valence-electron chi connectivity index (χ0n) is 10.7. The number of hydrogen-bond acceptors (Lipinski definition) is 1. The fourth-order valence-electron chi connectivity index (χ4n) is 1.55. The molecule has 0 atom stereocenters. The Hall–Kier alpha value is 0.0700. The lowest BCUT2D eigenvalue weighted by Gasteiger charge is -2.41. The van der Waals surface area contributed by atoms with E-state index in [1.807, 2.05) is 19.1 Å². The number of rotatable bonds is 4. The van der Waals surface area contributed by atoms with E-state index in [0.717, 1.165) is 0 Å². The molecule has 0 amide bonds. The lowest BCUT2D eigenvalue weighted by Crippen LogP contribution is -2.31. The Morgan fingerprint density at radius 2 is 0.929 bits per heavy atom. The Kier molecular flexibility index (Phi) is 5.26. The third kappa shape index (κ3) is 2.78. The van der Waals surface area contributed by atoms with Crippen LogP contribution < -0.4 is 0 Å². The smallest absolute Gasteiger partial charge is 0.184 e. The maximum Gasteiger partial charge on any atom is 0.184 e. The lowest BCUT2D eigenvalue weighted by atomic mass is 11.2. The van der Waals surface area contributed by atoms with Gasteiger partial charge in [0, 0.05) is 14.1 Å². The molecular formula is C8H24N5P. The van der Waals surface area contributed by atoms with Crippen molar-refractivity contribution in [2.75, 3.05) is 56.4 Å². The summed E-state index contributed by atoms with van der Waals surface area (Å²) < 4.78 is 6.56. The summed E-state index contributed by atoms with van der Waals surface area (Å²) in [6.45, 7) is 0. The van der Waals surface area contributed by atoms with Crippen LogP contribution in [0.15, 0.2) is 4.85 Å². The van der Waals surface area contributed by atoms with Gasteiger partial charge in [-0.05, 0) is 42.3 Å². The van der Waals surface area contributed by atoms with E-state index >= 15 is 0 Å². The standard InChI is InChI=1S/C8H24N5P/c1-10(2)9-14(11(3)4,12(5)6)13(7)8/h1-8H3. The monoisotopic (exact) mass is 221 g/mol. The van der Waals surface area contributed by atoms with Gasteiger partial charge in [-0.25, -0.2) is 5.01 Å². The van der Waals surface area contributed by atoms with Crippen molar-refractivity contribution in [2.45, 2.75) is 0 Å². The molecule has 0 saturated heterocycles. The van der Waals surface area contributed by atoms with Crippen LogP contribution in [0.2, 0.25) is 0 Å². The maximum atomic E-state index is 4.73. The lowest BCUT2D eigenvalue weighted by molar-refractivity contribution is 0.398. The van der Waals surface area contributed by atoms with Gasteiger partial charge in [0.25, 0.3) is 0 Å². The van der Waals surface area contributed by atoms with Crippen LogP contribution >= 0.6 is 7.51 Å². The van der Waals surface area contributed by atoms with Crippen LogP contribution in [0.1, 0.15) is 0 Å². The zero-order chi connectivity index (χ0) is 11.5. The minimum Gasteiger partial charge on any atom is -0.251 e. The highest BCUT2D eigenvalue weighted by atomic mass is 31.2. The SMILES string of the molecule is CN(C)N=P(N(C)C)(N(C)C)N(C)C. The van der Waals surface area contributed by atoms with E-state index in [0.29, 0.717) is 0 Å². The minimum absolute atomic E-state index is 1.72. The van der Waals surface area contributed by atoms with Crippen LogP contribution in [0, 0.1) is 0 Å². The molecular weight excluding hydrogens is 197 g/mol. The molecule has 86 valence electrons. The number of nitrogens with zero attached hydrogens (tertiary/aromatic N) is 5. The summed E-state index contributed by atoms with van der Waals surface area (Å²) >= 11 is 0. The van der Waals surface area contributed by atoms with Gasteiger partial charge in [0.05, 0.1) is 0 Å². The molecule has 0 bridgehead atoms. The first-order chi connectivity index (χ1) is 6.25. The Bertz CT molecular complexity index is 193. The highest BCUT2D eigenvalue weighted by Crippen LogP contribution is 2.54. The molecule has 0 N–H and O–H groups in total. The van der Waals surface area contributed by atoms with E-state index in [1.165, 1.54) is 0 Å². The van der Waals surface area contributed by atoms with Crippen LogP contribution in [0.25, 0.3) is 0 Å². The Morgan fingerprint density at radius 3 is 1.00 bits per heavy atom. The van der Waals surface area contributed by atoms with Crippen LogP contribution in [0.3, 0.4) is 0 Å². The fourth-order valence-corrected chi connectivity index (χ4v) is 4.66. The first-order valence-corrected chi connectivity index (χ1v) is 6.18. The third-order valence-corrected chi connectivity index (χ3v) is 5.73. The molecule has 14 heavy (non-hydrogen) atoms. The van der Waals surface area contributed by atoms with Crippen molar-refractivity contribution in [1.29, 1.82) is 0 Å². The Morgan fingerprint density at radius 1 is 0.643 bits per heavy atom. The molecule has 0 saturated carbocycles. The van der Waals surface area contributed by atoms with E-state index < -0.39 is 7.51 Å². The summed E-state index contributed by atoms with van der Waals surface area (Å²) in [4.78, 5) is 4.73. The van der Waals surface area contributed by atoms with Crippen LogP contribution in [-0.2, 0) is 0 Å². The van der Waals surface area contributed by atoms with Gasteiger partial charge in [0.1, 0.15) is 0 Å². The summed E-state index contributed by atoms with van der Waals surface area (Å²) in [5.74, 6) is 0. The highest BCUT2D eigenvalue weighted by Gasteiger charge is 2.28. The molecule has 0 aliphatic carbocycles. The summed E-state index contributed by atoms with van der Waals surface area (Å²) in [5.41, 5.74) is 0. The molecule has 0 fully saturated rings. The predicted molar refractivity (Wildman–Crippen MR) is 64.1 cm³/mol. The predicted octanol–water partition coefficient (Wildman–Crippen LogP) is 1.09. The molecule has 0 spiro atoms. The summed E-state index contributed by atoms with van der Waals surface area (Å²) in [6, 6.07) is 0. The summed E-state index contributed by atoms with van der Waals surface area (Å²) in [7, 11) is 14.6. The molecule has 0 unspecified atom stereocenters. The molecule has 0 aromatic heterocycles. The van der Waals surface area contributed by atoms with Crippen molar-refractivity contribution >= 4 is 7.51 Å². The quantitative estimate of drug-likeness (QED) is 0.524. The van der Waals surface area contributed by atoms with Crippen molar-refractivity contribution in [1.82, 2.24) is 19.0 Å². The van der Waals surface area contributed by atoms with E-state index in [4.69, 9.17) is 4.85 Å². The van der Waals surface area contributed by atoms with E-state index in [9.17, 15) is 0 Å². The first-order valence-electron chi connectivity index (χ1n) is 4.58. The van der Waals surface area contributed by atoms with E-state index in [1.54, 1.807) is 0 Å². The molecule has 0 rings (SSSR count). The molecule has 0 heterocycles. The largest absolute Gasteiger partial charge is 0.251 e. The van der Waals surface area contributed by atoms with Gasteiger partial charge in [0.15, 0.2) is 7.51 Å². The Balaban J connectivity index is 5.40. The van der Waals surface area contributed by atoms with Crippen LogP contribution in [0.4, 0.5) is 0 Å². The molecule has 0 aliphatic rings. The van der Waals surface area contributed by atoms with Crippen LogP contribution in [0.5, 0.6) is 0 Å². The second-order valence-electron chi connectivity index (χ2n) is 4.01. The van der Waals surface area contributed by atoms with E-state index in [2.05, 4.69) is 56.3 Å². The van der Waals surface area contributed by atoms with Crippen molar-refractivity contribution in [3.8, 4) is 0 Å².